The van der Waals surface area contributed by atoms with Gasteiger partial charge in [-0.2, -0.15) is 0 Å². The maximum absolute atomic E-state index is 11.4. The molecule has 31 heavy (non-hydrogen) atoms. The van der Waals surface area contributed by atoms with E-state index in [1.165, 1.54) is 13.2 Å². The van der Waals surface area contributed by atoms with Crippen LogP contribution in [0.5, 0.6) is 0 Å². The van der Waals surface area contributed by atoms with E-state index in [9.17, 15) is 9.90 Å². The summed E-state index contributed by atoms with van der Waals surface area (Å²) in [6.07, 6.45) is -2.21. The minimum atomic E-state index is -0.613. The zero-order valence-corrected chi connectivity index (χ0v) is 17.1. The Hall–Kier alpha value is -2.75. The minimum Gasteiger partial charge on any atom is -0.423 e. The maximum atomic E-state index is 11.4. The molecule has 1 saturated heterocycles. The van der Waals surface area contributed by atoms with Crippen LogP contribution < -0.4 is 10.9 Å². The molecule has 2 N–H and O–H groups in total. The third-order valence-corrected chi connectivity index (χ3v) is 5.06. The maximum Gasteiger partial charge on any atom is 0.336 e. The van der Waals surface area contributed by atoms with Crippen LogP contribution >= 0.6 is 0 Å². The molecule has 1 fully saturated rings. The Balaban J connectivity index is 1.35. The van der Waals surface area contributed by atoms with Crippen LogP contribution in [0.25, 0.3) is 11.0 Å². The van der Waals surface area contributed by atoms with Crippen molar-refractivity contribution in [3.05, 3.63) is 76.6 Å². The van der Waals surface area contributed by atoms with E-state index in [1.54, 1.807) is 12.1 Å². The molecule has 0 radical (unpaired) electrons. The van der Waals surface area contributed by atoms with E-state index in [1.807, 2.05) is 42.5 Å². The van der Waals surface area contributed by atoms with Gasteiger partial charge in [-0.05, 0) is 18.2 Å². The van der Waals surface area contributed by atoms with Crippen LogP contribution in [0.1, 0.15) is 11.9 Å². The van der Waals surface area contributed by atoms with Crippen molar-refractivity contribution in [2.75, 3.05) is 32.2 Å². The summed E-state index contributed by atoms with van der Waals surface area (Å²) in [7, 11) is 1.54. The fourth-order valence-corrected chi connectivity index (χ4v) is 3.40. The van der Waals surface area contributed by atoms with E-state index in [-0.39, 0.29) is 13.2 Å². The lowest BCUT2D eigenvalue weighted by molar-refractivity contribution is -0.295. The van der Waals surface area contributed by atoms with Gasteiger partial charge in [0.05, 0.1) is 19.8 Å². The summed E-state index contributed by atoms with van der Waals surface area (Å²) < 4.78 is 28.3. The van der Waals surface area contributed by atoms with Crippen LogP contribution in [0.4, 0.5) is 5.69 Å². The van der Waals surface area contributed by atoms with Gasteiger partial charge < -0.3 is 33.8 Å². The molecule has 1 aliphatic heterocycles. The van der Waals surface area contributed by atoms with E-state index in [4.69, 9.17) is 23.4 Å². The molecule has 0 amide bonds. The van der Waals surface area contributed by atoms with Crippen LogP contribution in [0, 0.1) is 0 Å². The van der Waals surface area contributed by atoms with E-state index < -0.39 is 30.4 Å². The molecule has 0 saturated carbocycles. The molecule has 1 aromatic heterocycles. The van der Waals surface area contributed by atoms with Gasteiger partial charge >= 0.3 is 5.63 Å². The highest BCUT2D eigenvalue weighted by Crippen LogP contribution is 2.28. The van der Waals surface area contributed by atoms with Crippen molar-refractivity contribution < 1.29 is 28.5 Å². The molecule has 164 valence electrons. The first-order valence-electron chi connectivity index (χ1n) is 10.0. The van der Waals surface area contributed by atoms with E-state index in [0.717, 1.165) is 16.6 Å². The second-order valence-electron chi connectivity index (χ2n) is 7.16. The highest BCUT2D eigenvalue weighted by Gasteiger charge is 2.34. The first-order chi connectivity index (χ1) is 15.2. The van der Waals surface area contributed by atoms with Crippen molar-refractivity contribution in [3.63, 3.8) is 0 Å². The average molecular weight is 427 g/mol. The van der Waals surface area contributed by atoms with Crippen LogP contribution in [-0.2, 0) is 18.9 Å². The Kier molecular flexibility index (Phi) is 6.96. The van der Waals surface area contributed by atoms with Crippen molar-refractivity contribution in [1.82, 2.24) is 0 Å². The van der Waals surface area contributed by atoms with Crippen LogP contribution in [0.2, 0.25) is 0 Å². The summed E-state index contributed by atoms with van der Waals surface area (Å²) in [5.41, 5.74) is 1.73. The second kappa shape index (κ2) is 10.0. The van der Waals surface area contributed by atoms with Gasteiger partial charge in [0, 0.05) is 35.9 Å². The van der Waals surface area contributed by atoms with Gasteiger partial charge in [-0.25, -0.2) is 4.79 Å². The topological polar surface area (TPSA) is 99.4 Å². The van der Waals surface area contributed by atoms with Crippen molar-refractivity contribution in [2.45, 2.75) is 24.8 Å². The normalized spacial score (nSPS) is 22.3. The van der Waals surface area contributed by atoms with Crippen LogP contribution in [0.15, 0.2) is 69.9 Å². The molecule has 3 aromatic rings. The Morgan fingerprint density at radius 1 is 1.16 bits per heavy atom. The summed E-state index contributed by atoms with van der Waals surface area (Å²) in [5.74, 6) is 0. The molecule has 4 atom stereocenters. The van der Waals surface area contributed by atoms with Crippen molar-refractivity contribution in [3.8, 4) is 0 Å². The fourth-order valence-electron chi connectivity index (χ4n) is 3.40. The molecule has 8 nitrogen and oxygen atoms in total. The Bertz CT molecular complexity index is 1040. The Morgan fingerprint density at radius 3 is 2.74 bits per heavy atom. The number of ether oxygens (including phenoxy) is 4. The molecule has 4 rings (SSSR count). The lowest BCUT2D eigenvalue weighted by atomic mass is 10.1. The molecular weight excluding hydrogens is 402 g/mol. The average Bonchev–Trinajstić information content (AvgIpc) is 2.82. The van der Waals surface area contributed by atoms with Crippen molar-refractivity contribution >= 4 is 16.7 Å². The number of rotatable bonds is 8. The number of nitrogens with one attached hydrogen (secondary N) is 1. The van der Waals surface area contributed by atoms with Crippen LogP contribution in [0.3, 0.4) is 0 Å². The first kappa shape index (κ1) is 21.5. The van der Waals surface area contributed by atoms with Crippen LogP contribution in [-0.4, -0.2) is 50.5 Å². The summed E-state index contributed by atoms with van der Waals surface area (Å²) >= 11 is 0. The SMILES string of the molecule is CO[C@@H](CNc1ccc2ccc(=O)oc2c1)OC1COC(c2ccccc2)O[C@@H]1CO. The van der Waals surface area contributed by atoms with E-state index in [0.29, 0.717) is 12.1 Å². The standard InChI is InChI=1S/C23H25NO7/c1-27-22(12-24-17-9-7-15-8-10-21(26)29-18(15)11-17)30-20-14-28-23(31-19(20)13-25)16-5-3-2-4-6-16/h2-11,19-20,22-25H,12-14H2,1H3/t19-,20?,22-,23?/m1/s1. The number of aliphatic hydroxyl groups excluding tert-OH is 1. The lowest BCUT2D eigenvalue weighted by Gasteiger charge is -2.37. The summed E-state index contributed by atoms with van der Waals surface area (Å²) in [5, 5.41) is 13.8. The van der Waals surface area contributed by atoms with E-state index in [2.05, 4.69) is 5.32 Å². The van der Waals surface area contributed by atoms with Gasteiger partial charge in [0.25, 0.3) is 0 Å². The largest absolute Gasteiger partial charge is 0.423 e. The number of benzene rings is 2. The second-order valence-corrected chi connectivity index (χ2v) is 7.16. The Morgan fingerprint density at radius 2 is 1.97 bits per heavy atom. The monoisotopic (exact) mass is 427 g/mol. The van der Waals surface area contributed by atoms with Gasteiger partial charge in [-0.3, -0.25) is 0 Å². The fraction of sp³-hybridized carbons (Fsp3) is 0.348. The zero-order chi connectivity index (χ0) is 21.6. The molecule has 1 aliphatic rings. The summed E-state index contributed by atoms with van der Waals surface area (Å²) in [4.78, 5) is 11.4. The lowest BCUT2D eigenvalue weighted by Crippen LogP contribution is -2.47. The Labute approximate surface area is 179 Å². The number of hydrogen-bond acceptors (Lipinski definition) is 8. The summed E-state index contributed by atoms with van der Waals surface area (Å²) in [6.45, 7) is 0.381. The van der Waals surface area contributed by atoms with Crippen molar-refractivity contribution in [2.24, 2.45) is 0 Å². The predicted molar refractivity (Wildman–Crippen MR) is 114 cm³/mol. The smallest absolute Gasteiger partial charge is 0.336 e. The van der Waals surface area contributed by atoms with Gasteiger partial charge in [0.1, 0.15) is 17.8 Å². The molecule has 0 aliphatic carbocycles. The highest BCUT2D eigenvalue weighted by atomic mass is 16.7. The molecular formula is C23H25NO7. The van der Waals surface area contributed by atoms with Gasteiger partial charge in [0.2, 0.25) is 0 Å². The number of methoxy groups -OCH3 is 1. The third-order valence-electron chi connectivity index (χ3n) is 5.06. The predicted octanol–water partition coefficient (Wildman–Crippen LogP) is 2.67. The minimum absolute atomic E-state index is 0.203. The number of fused-ring (bicyclic) bond motifs is 1. The van der Waals surface area contributed by atoms with E-state index >= 15 is 0 Å². The molecule has 2 heterocycles. The van der Waals surface area contributed by atoms with Gasteiger partial charge in [-0.1, -0.05) is 30.3 Å². The molecule has 0 bridgehead atoms. The third kappa shape index (κ3) is 5.30. The molecule has 0 spiro atoms. The van der Waals surface area contributed by atoms with Gasteiger partial charge in [0.15, 0.2) is 12.6 Å². The number of anilines is 1. The molecule has 2 aromatic carbocycles. The number of aliphatic hydroxyl groups is 1. The number of hydrogen-bond donors (Lipinski definition) is 2. The van der Waals surface area contributed by atoms with Crippen molar-refractivity contribution in [1.29, 1.82) is 0 Å². The summed E-state index contributed by atoms with van der Waals surface area (Å²) in [6, 6.07) is 18.1. The highest BCUT2D eigenvalue weighted by molar-refractivity contribution is 5.80. The molecule has 2 unspecified atom stereocenters. The zero-order valence-electron chi connectivity index (χ0n) is 17.1. The first-order valence-corrected chi connectivity index (χ1v) is 10.0. The molecule has 8 heteroatoms. The van der Waals surface area contributed by atoms with Gasteiger partial charge in [-0.15, -0.1) is 0 Å². The quantitative estimate of drug-likeness (QED) is 0.418.